The lowest BCUT2D eigenvalue weighted by Gasteiger charge is -2.10. The first-order valence-corrected chi connectivity index (χ1v) is 8.99. The van der Waals surface area contributed by atoms with Crippen molar-refractivity contribution in [1.82, 2.24) is 0 Å². The third kappa shape index (κ3) is 4.78. The average Bonchev–Trinajstić information content (AvgIpc) is 2.75. The number of hydrogen-bond acceptors (Lipinski definition) is 8. The second-order valence-corrected chi connectivity index (χ2v) is 6.35. The molecule has 2 aromatic carbocycles. The van der Waals surface area contributed by atoms with Gasteiger partial charge in [-0.15, -0.1) is 0 Å². The molecule has 1 heterocycles. The molecule has 0 atom stereocenters. The molecule has 8 heteroatoms. The van der Waals surface area contributed by atoms with Gasteiger partial charge in [0.25, 0.3) is 0 Å². The van der Waals surface area contributed by atoms with E-state index in [0.29, 0.717) is 28.4 Å². The van der Waals surface area contributed by atoms with Crippen molar-refractivity contribution in [2.75, 3.05) is 27.4 Å². The van der Waals surface area contributed by atoms with E-state index in [1.165, 1.54) is 32.4 Å². The Balaban J connectivity index is 1.57. The maximum atomic E-state index is 12.2. The van der Waals surface area contributed by atoms with Crippen LogP contribution in [0.5, 0.6) is 17.2 Å². The minimum atomic E-state index is -0.713. The number of aryl methyl sites for hydroxylation is 1. The Hall–Kier alpha value is -3.81. The van der Waals surface area contributed by atoms with Crippen LogP contribution in [0.3, 0.4) is 0 Å². The lowest BCUT2D eigenvalue weighted by Crippen LogP contribution is -2.19. The highest BCUT2D eigenvalue weighted by Crippen LogP contribution is 2.27. The molecule has 156 valence electrons. The van der Waals surface area contributed by atoms with E-state index in [9.17, 15) is 14.4 Å². The molecule has 3 rings (SSSR count). The van der Waals surface area contributed by atoms with Crippen LogP contribution >= 0.6 is 0 Å². The van der Waals surface area contributed by atoms with Crippen molar-refractivity contribution in [2.24, 2.45) is 0 Å². The lowest BCUT2D eigenvalue weighted by atomic mass is 10.1. The SMILES string of the molecule is COc1ccc(C(=O)COC(=O)COc2ccc3c(C)cc(=O)oc3c2)cc1OC. The molecule has 0 aliphatic rings. The molecule has 0 N–H and O–H groups in total. The number of benzene rings is 2. The van der Waals surface area contributed by atoms with Crippen molar-refractivity contribution in [2.45, 2.75) is 6.92 Å². The van der Waals surface area contributed by atoms with Crippen molar-refractivity contribution in [1.29, 1.82) is 0 Å². The second kappa shape index (κ2) is 9.13. The van der Waals surface area contributed by atoms with Crippen LogP contribution in [-0.2, 0) is 9.53 Å². The Morgan fingerprint density at radius 1 is 0.933 bits per heavy atom. The Labute approximate surface area is 171 Å². The van der Waals surface area contributed by atoms with Gasteiger partial charge in [-0.05, 0) is 42.8 Å². The number of carbonyl (C=O) groups is 2. The van der Waals surface area contributed by atoms with Gasteiger partial charge in [-0.1, -0.05) is 0 Å². The van der Waals surface area contributed by atoms with Gasteiger partial charge < -0.3 is 23.4 Å². The number of rotatable bonds is 8. The first-order chi connectivity index (χ1) is 14.4. The summed E-state index contributed by atoms with van der Waals surface area (Å²) in [5, 5.41) is 0.769. The molecule has 0 spiro atoms. The first kappa shape index (κ1) is 20.9. The summed E-state index contributed by atoms with van der Waals surface area (Å²) in [6.45, 7) is 0.955. The van der Waals surface area contributed by atoms with Crippen LogP contribution in [0.2, 0.25) is 0 Å². The Kier molecular flexibility index (Phi) is 6.36. The molecule has 30 heavy (non-hydrogen) atoms. The van der Waals surface area contributed by atoms with Gasteiger partial charge in [-0.25, -0.2) is 9.59 Å². The maximum Gasteiger partial charge on any atom is 0.344 e. The first-order valence-electron chi connectivity index (χ1n) is 8.99. The molecule has 0 unspecified atom stereocenters. The van der Waals surface area contributed by atoms with Gasteiger partial charge in [0.2, 0.25) is 0 Å². The van der Waals surface area contributed by atoms with Crippen molar-refractivity contribution in [3.05, 3.63) is 64.0 Å². The van der Waals surface area contributed by atoms with Crippen molar-refractivity contribution in [3.63, 3.8) is 0 Å². The van der Waals surface area contributed by atoms with E-state index in [1.807, 2.05) is 0 Å². The fourth-order valence-electron chi connectivity index (χ4n) is 2.82. The summed E-state index contributed by atoms with van der Waals surface area (Å²) in [7, 11) is 2.95. The normalized spacial score (nSPS) is 10.5. The quantitative estimate of drug-likeness (QED) is 0.316. The number of ketones is 1. The van der Waals surface area contributed by atoms with E-state index < -0.39 is 30.6 Å². The van der Waals surface area contributed by atoms with Crippen LogP contribution in [0.25, 0.3) is 11.0 Å². The number of hydrogen-bond donors (Lipinski definition) is 0. The van der Waals surface area contributed by atoms with Crippen LogP contribution in [0.4, 0.5) is 0 Å². The van der Waals surface area contributed by atoms with Crippen LogP contribution in [-0.4, -0.2) is 39.2 Å². The third-order valence-corrected chi connectivity index (χ3v) is 4.35. The molecule has 8 nitrogen and oxygen atoms in total. The van der Waals surface area contributed by atoms with Crippen molar-refractivity contribution in [3.8, 4) is 17.2 Å². The highest BCUT2D eigenvalue weighted by atomic mass is 16.6. The summed E-state index contributed by atoms with van der Waals surface area (Å²) in [4.78, 5) is 35.7. The molecule has 1 aromatic heterocycles. The highest BCUT2D eigenvalue weighted by Gasteiger charge is 2.14. The average molecular weight is 412 g/mol. The van der Waals surface area contributed by atoms with Gasteiger partial charge in [-0.3, -0.25) is 4.79 Å². The van der Waals surface area contributed by atoms with Gasteiger partial charge in [0, 0.05) is 23.1 Å². The molecule has 0 saturated carbocycles. The van der Waals surface area contributed by atoms with Crippen LogP contribution < -0.4 is 19.8 Å². The van der Waals surface area contributed by atoms with Crippen LogP contribution in [0.15, 0.2) is 51.7 Å². The van der Waals surface area contributed by atoms with E-state index in [4.69, 9.17) is 23.4 Å². The lowest BCUT2D eigenvalue weighted by molar-refractivity contribution is -0.144. The summed E-state index contributed by atoms with van der Waals surface area (Å²) in [6, 6.07) is 11.0. The van der Waals surface area contributed by atoms with E-state index in [2.05, 4.69) is 0 Å². The number of Topliss-reactive ketones (excluding diaryl/α,β-unsaturated/α-hetero) is 1. The summed E-state index contributed by atoms with van der Waals surface area (Å²) < 4.78 is 25.8. The molecule has 0 fully saturated rings. The van der Waals surface area contributed by atoms with E-state index >= 15 is 0 Å². The fourth-order valence-corrected chi connectivity index (χ4v) is 2.82. The van der Waals surface area contributed by atoms with Crippen molar-refractivity contribution < 1.29 is 33.0 Å². The maximum absolute atomic E-state index is 12.2. The van der Waals surface area contributed by atoms with Gasteiger partial charge >= 0.3 is 11.6 Å². The summed E-state index contributed by atoms with van der Waals surface area (Å²) in [5.41, 5.74) is 0.988. The van der Waals surface area contributed by atoms with Gasteiger partial charge in [0.15, 0.2) is 30.5 Å². The molecule has 0 radical (unpaired) electrons. The minimum Gasteiger partial charge on any atom is -0.493 e. The molecule has 3 aromatic rings. The predicted octanol–water partition coefficient (Wildman–Crippen LogP) is 2.92. The zero-order chi connectivity index (χ0) is 21.7. The predicted molar refractivity (Wildman–Crippen MR) is 108 cm³/mol. The van der Waals surface area contributed by atoms with E-state index in [-0.39, 0.29) is 0 Å². The number of fused-ring (bicyclic) bond motifs is 1. The van der Waals surface area contributed by atoms with E-state index in [0.717, 1.165) is 10.9 Å². The molecule has 0 bridgehead atoms. The van der Waals surface area contributed by atoms with Crippen LogP contribution in [0.1, 0.15) is 15.9 Å². The molecule has 0 aliphatic heterocycles. The molecule has 0 saturated heterocycles. The molecular weight excluding hydrogens is 392 g/mol. The summed E-state index contributed by atoms with van der Waals surface area (Å²) in [5.74, 6) is 0.110. The van der Waals surface area contributed by atoms with Gasteiger partial charge in [0.1, 0.15) is 11.3 Å². The summed E-state index contributed by atoms with van der Waals surface area (Å²) in [6.07, 6.45) is 0. The monoisotopic (exact) mass is 412 g/mol. The number of carbonyl (C=O) groups excluding carboxylic acids is 2. The molecular formula is C22H20O8. The minimum absolute atomic E-state index is 0.321. The zero-order valence-corrected chi connectivity index (χ0v) is 16.7. The van der Waals surface area contributed by atoms with Crippen LogP contribution in [0, 0.1) is 6.92 Å². The smallest absolute Gasteiger partial charge is 0.344 e. The van der Waals surface area contributed by atoms with E-state index in [1.54, 1.807) is 31.2 Å². The second-order valence-electron chi connectivity index (χ2n) is 6.35. The van der Waals surface area contributed by atoms with Crippen molar-refractivity contribution >= 4 is 22.7 Å². The molecule has 0 amide bonds. The third-order valence-electron chi connectivity index (χ3n) is 4.35. The van der Waals surface area contributed by atoms with Gasteiger partial charge in [0.05, 0.1) is 14.2 Å². The van der Waals surface area contributed by atoms with Gasteiger partial charge in [-0.2, -0.15) is 0 Å². The number of methoxy groups -OCH3 is 2. The number of ether oxygens (including phenoxy) is 4. The highest BCUT2D eigenvalue weighted by molar-refractivity contribution is 5.98. The standard InChI is InChI=1S/C22H20O8/c1-13-8-21(24)30-19-10-15(5-6-16(13)19)28-12-22(25)29-11-17(23)14-4-7-18(26-2)20(9-14)27-3/h4-10H,11-12H2,1-3H3. The summed E-state index contributed by atoms with van der Waals surface area (Å²) >= 11 is 0. The Bertz CT molecular complexity index is 1150. The zero-order valence-electron chi connectivity index (χ0n) is 16.7. The largest absolute Gasteiger partial charge is 0.493 e. The Morgan fingerprint density at radius 2 is 1.70 bits per heavy atom. The topological polar surface area (TPSA) is 101 Å². The Morgan fingerprint density at radius 3 is 2.43 bits per heavy atom. The molecule has 0 aliphatic carbocycles. The fraction of sp³-hybridized carbons (Fsp3) is 0.227. The number of esters is 1.